The molecule has 2 aromatic carbocycles. The maximum Gasteiger partial charge on any atom is 0.272 e. The molecule has 0 radical (unpaired) electrons. The Balaban J connectivity index is 2.26. The average Bonchev–Trinajstić information content (AvgIpc) is 2.58. The van der Waals surface area contributed by atoms with E-state index < -0.39 is 5.54 Å². The molecule has 5 heteroatoms. The fourth-order valence-electron chi connectivity index (χ4n) is 2.85. The van der Waals surface area contributed by atoms with Crippen molar-refractivity contribution in [3.05, 3.63) is 70.3 Å². The number of nitrogens with zero attached hydrogens (tertiary/aromatic N) is 1. The Bertz CT molecular complexity index is 803. The molecule has 27 heavy (non-hydrogen) atoms. The standard InChI is InChI=1S/C22H27ClN2O2/c1-15-12-16(2)14-19(13-15)21(27)25(22(3,4)5)24-20(26)18-8-6-17(7-9-18)10-11-23/h6-9,12-14H,10-11H2,1-5H3,(H,24,26). The lowest BCUT2D eigenvalue weighted by Gasteiger charge is -2.35. The third kappa shape index (κ3) is 5.57. The van der Waals surface area contributed by atoms with Gasteiger partial charge in [0, 0.05) is 17.0 Å². The molecule has 0 aliphatic rings. The van der Waals surface area contributed by atoms with E-state index in [0.717, 1.165) is 23.1 Å². The minimum atomic E-state index is -0.580. The van der Waals surface area contributed by atoms with Crippen LogP contribution in [0.4, 0.5) is 0 Å². The molecule has 0 unspecified atom stereocenters. The van der Waals surface area contributed by atoms with Crippen molar-refractivity contribution in [1.29, 1.82) is 0 Å². The number of rotatable bonds is 4. The van der Waals surface area contributed by atoms with Gasteiger partial charge in [0.1, 0.15) is 0 Å². The van der Waals surface area contributed by atoms with Crippen molar-refractivity contribution in [2.45, 2.75) is 46.6 Å². The van der Waals surface area contributed by atoms with Gasteiger partial charge in [-0.25, -0.2) is 5.01 Å². The monoisotopic (exact) mass is 386 g/mol. The van der Waals surface area contributed by atoms with E-state index in [1.54, 1.807) is 12.1 Å². The van der Waals surface area contributed by atoms with Crippen LogP contribution in [0.25, 0.3) is 0 Å². The van der Waals surface area contributed by atoms with Gasteiger partial charge in [-0.3, -0.25) is 15.0 Å². The maximum atomic E-state index is 13.1. The zero-order valence-corrected chi connectivity index (χ0v) is 17.4. The molecule has 0 bridgehead atoms. The van der Waals surface area contributed by atoms with Crippen LogP contribution < -0.4 is 5.43 Å². The lowest BCUT2D eigenvalue weighted by Crippen LogP contribution is -2.55. The highest BCUT2D eigenvalue weighted by atomic mass is 35.5. The first kappa shape index (κ1) is 21.0. The van der Waals surface area contributed by atoms with Crippen molar-refractivity contribution in [1.82, 2.24) is 10.4 Å². The van der Waals surface area contributed by atoms with E-state index in [2.05, 4.69) is 5.43 Å². The summed E-state index contributed by atoms with van der Waals surface area (Å²) >= 11 is 5.75. The van der Waals surface area contributed by atoms with Crippen LogP contribution in [0, 0.1) is 13.8 Å². The summed E-state index contributed by atoms with van der Waals surface area (Å²) < 4.78 is 0. The van der Waals surface area contributed by atoms with Gasteiger partial charge in [0.25, 0.3) is 11.8 Å². The first-order chi connectivity index (χ1) is 12.6. The number of hydrogen-bond donors (Lipinski definition) is 1. The van der Waals surface area contributed by atoms with Gasteiger partial charge < -0.3 is 0 Å². The van der Waals surface area contributed by atoms with E-state index in [1.807, 2.05) is 65.0 Å². The SMILES string of the molecule is Cc1cc(C)cc(C(=O)N(NC(=O)c2ccc(CCCl)cc2)C(C)(C)C)c1. The molecule has 0 saturated carbocycles. The van der Waals surface area contributed by atoms with Crippen LogP contribution in [-0.4, -0.2) is 28.2 Å². The van der Waals surface area contributed by atoms with Crippen molar-refractivity contribution in [3.63, 3.8) is 0 Å². The van der Waals surface area contributed by atoms with Crippen molar-refractivity contribution < 1.29 is 9.59 Å². The largest absolute Gasteiger partial charge is 0.272 e. The van der Waals surface area contributed by atoms with Crippen molar-refractivity contribution in [3.8, 4) is 0 Å². The van der Waals surface area contributed by atoms with Crippen LogP contribution in [-0.2, 0) is 6.42 Å². The van der Waals surface area contributed by atoms with E-state index in [1.165, 1.54) is 5.01 Å². The Morgan fingerprint density at radius 3 is 2.00 bits per heavy atom. The molecule has 0 fully saturated rings. The molecule has 1 N–H and O–H groups in total. The predicted octanol–water partition coefficient (Wildman–Crippen LogP) is 4.67. The first-order valence-corrected chi connectivity index (χ1v) is 9.54. The van der Waals surface area contributed by atoms with Crippen molar-refractivity contribution >= 4 is 23.4 Å². The summed E-state index contributed by atoms with van der Waals surface area (Å²) in [5, 5.41) is 1.40. The molecule has 0 heterocycles. The molecule has 2 amide bonds. The highest BCUT2D eigenvalue weighted by molar-refractivity contribution is 6.18. The molecule has 4 nitrogen and oxygen atoms in total. The van der Waals surface area contributed by atoms with E-state index >= 15 is 0 Å². The Hall–Kier alpha value is -2.33. The number of hydrazine groups is 1. The molecule has 0 atom stereocenters. The third-order valence-electron chi connectivity index (χ3n) is 4.16. The molecule has 2 aromatic rings. The van der Waals surface area contributed by atoms with Crippen molar-refractivity contribution in [2.24, 2.45) is 0 Å². The van der Waals surface area contributed by atoms with E-state index in [9.17, 15) is 9.59 Å². The fraction of sp³-hybridized carbons (Fsp3) is 0.364. The number of nitrogens with one attached hydrogen (secondary N) is 1. The predicted molar refractivity (Wildman–Crippen MR) is 110 cm³/mol. The summed E-state index contributed by atoms with van der Waals surface area (Å²) in [6.45, 7) is 9.56. The highest BCUT2D eigenvalue weighted by Crippen LogP contribution is 2.18. The van der Waals surface area contributed by atoms with E-state index in [4.69, 9.17) is 11.6 Å². The van der Waals surface area contributed by atoms with Gasteiger partial charge in [0.05, 0.1) is 5.54 Å². The van der Waals surface area contributed by atoms with Gasteiger partial charge in [-0.15, -0.1) is 11.6 Å². The number of hydrogen-bond acceptors (Lipinski definition) is 2. The Labute approximate surface area is 166 Å². The molecule has 0 spiro atoms. The smallest absolute Gasteiger partial charge is 0.267 e. The van der Waals surface area contributed by atoms with Gasteiger partial charge in [-0.05, 0) is 70.9 Å². The second kappa shape index (κ2) is 8.57. The minimum Gasteiger partial charge on any atom is -0.267 e. The number of carbonyl (C=O) groups excluding carboxylic acids is 2. The number of amides is 2. The van der Waals surface area contributed by atoms with E-state index in [-0.39, 0.29) is 11.8 Å². The second-order valence-electron chi connectivity index (χ2n) is 7.76. The molecule has 0 aliphatic heterocycles. The summed E-state index contributed by atoms with van der Waals surface area (Å²) in [6, 6.07) is 12.9. The summed E-state index contributed by atoms with van der Waals surface area (Å²) in [6.07, 6.45) is 0.753. The summed E-state index contributed by atoms with van der Waals surface area (Å²) in [7, 11) is 0. The Morgan fingerprint density at radius 1 is 0.963 bits per heavy atom. The Kier molecular flexibility index (Phi) is 6.66. The highest BCUT2D eigenvalue weighted by Gasteiger charge is 2.29. The molecule has 0 aromatic heterocycles. The maximum absolute atomic E-state index is 13.1. The minimum absolute atomic E-state index is 0.235. The summed E-state index contributed by atoms with van der Waals surface area (Å²) in [5.41, 5.74) is 6.34. The van der Waals surface area contributed by atoms with E-state index in [0.29, 0.717) is 17.0 Å². The normalized spacial score (nSPS) is 11.2. The number of aryl methyl sites for hydroxylation is 3. The first-order valence-electron chi connectivity index (χ1n) is 9.00. The lowest BCUT2D eigenvalue weighted by atomic mass is 10.0. The second-order valence-corrected chi connectivity index (χ2v) is 8.14. The van der Waals surface area contributed by atoms with Crippen LogP contribution in [0.15, 0.2) is 42.5 Å². The number of benzene rings is 2. The van der Waals surface area contributed by atoms with Gasteiger partial charge in [0.2, 0.25) is 0 Å². The van der Waals surface area contributed by atoms with Crippen LogP contribution in [0.1, 0.15) is 58.2 Å². The van der Waals surface area contributed by atoms with Gasteiger partial charge >= 0.3 is 0 Å². The summed E-state index contributed by atoms with van der Waals surface area (Å²) in [5.74, 6) is -0.0187. The number of carbonyl (C=O) groups is 2. The van der Waals surface area contributed by atoms with Gasteiger partial charge in [0.15, 0.2) is 0 Å². The molecule has 144 valence electrons. The molecular weight excluding hydrogens is 360 g/mol. The number of halogens is 1. The lowest BCUT2D eigenvalue weighted by molar-refractivity contribution is 0.0358. The zero-order chi connectivity index (χ0) is 20.2. The van der Waals surface area contributed by atoms with Gasteiger partial charge in [-0.2, -0.15) is 0 Å². The fourth-order valence-corrected chi connectivity index (χ4v) is 3.07. The van der Waals surface area contributed by atoms with Crippen LogP contribution >= 0.6 is 11.6 Å². The number of alkyl halides is 1. The molecule has 0 aliphatic carbocycles. The average molecular weight is 387 g/mol. The summed E-state index contributed by atoms with van der Waals surface area (Å²) in [4.78, 5) is 25.8. The van der Waals surface area contributed by atoms with Crippen LogP contribution in [0.2, 0.25) is 0 Å². The van der Waals surface area contributed by atoms with Crippen LogP contribution in [0.3, 0.4) is 0 Å². The van der Waals surface area contributed by atoms with Crippen molar-refractivity contribution in [2.75, 3.05) is 5.88 Å². The molecule has 0 saturated heterocycles. The molecule has 2 rings (SSSR count). The topological polar surface area (TPSA) is 49.4 Å². The third-order valence-corrected chi connectivity index (χ3v) is 4.34. The Morgan fingerprint density at radius 2 is 1.52 bits per heavy atom. The molecular formula is C22H27ClN2O2. The van der Waals surface area contributed by atoms with Crippen LogP contribution in [0.5, 0.6) is 0 Å². The zero-order valence-electron chi connectivity index (χ0n) is 16.6. The van der Waals surface area contributed by atoms with Gasteiger partial charge in [-0.1, -0.05) is 29.3 Å². The quantitative estimate of drug-likeness (QED) is 0.613.